The van der Waals surface area contributed by atoms with Gasteiger partial charge in [-0.3, -0.25) is 4.98 Å². The van der Waals surface area contributed by atoms with Crippen LogP contribution in [0.1, 0.15) is 44.7 Å². The first-order valence-electron chi connectivity index (χ1n) is 15.4. The fourth-order valence-corrected chi connectivity index (χ4v) is 5.24. The van der Waals surface area contributed by atoms with Crippen LogP contribution in [0.3, 0.4) is 0 Å². The Morgan fingerprint density at radius 2 is 1.72 bits per heavy atom. The van der Waals surface area contributed by atoms with E-state index in [1.54, 1.807) is 38.7 Å². The van der Waals surface area contributed by atoms with Crippen molar-refractivity contribution in [2.45, 2.75) is 40.5 Å². The van der Waals surface area contributed by atoms with Gasteiger partial charge in [0.2, 0.25) is 0 Å². The molecule has 4 rings (SSSR count). The van der Waals surface area contributed by atoms with E-state index in [-0.39, 0.29) is 18.1 Å². The fourth-order valence-electron chi connectivity index (χ4n) is 5.24. The van der Waals surface area contributed by atoms with Crippen LogP contribution in [-0.4, -0.2) is 47.3 Å². The van der Waals surface area contributed by atoms with Crippen LogP contribution in [0.15, 0.2) is 85.1 Å². The molecule has 4 aromatic rings. The number of nitrogens with zero attached hydrogens (tertiary/aromatic N) is 3. The highest BCUT2D eigenvalue weighted by Crippen LogP contribution is 2.35. The summed E-state index contributed by atoms with van der Waals surface area (Å²) in [6.45, 7) is 9.08. The summed E-state index contributed by atoms with van der Waals surface area (Å²) in [5.41, 5.74) is 13.0. The first-order valence-corrected chi connectivity index (χ1v) is 15.4. The van der Waals surface area contributed by atoms with Gasteiger partial charge in [-0.25, -0.2) is 9.37 Å². The number of nitrogens with two attached hydrogens (primary N) is 1. The predicted molar refractivity (Wildman–Crippen MR) is 185 cm³/mol. The molecule has 0 aliphatic heterocycles. The Bertz CT molecular complexity index is 1690. The predicted octanol–water partition coefficient (Wildman–Crippen LogP) is 7.90. The lowest BCUT2D eigenvalue weighted by atomic mass is 10.0. The van der Waals surface area contributed by atoms with Gasteiger partial charge in [-0.15, -0.1) is 0 Å². The van der Waals surface area contributed by atoms with Crippen molar-refractivity contribution in [3.05, 3.63) is 102 Å². The molecule has 2 aromatic carbocycles. The van der Waals surface area contributed by atoms with Crippen LogP contribution in [0.2, 0.25) is 0 Å². The molecule has 4 N–H and O–H groups in total. The number of ether oxygens (including phenoxy) is 2. The zero-order valence-electron chi connectivity index (χ0n) is 27.5. The molecule has 0 amide bonds. The van der Waals surface area contributed by atoms with Gasteiger partial charge in [0.1, 0.15) is 11.5 Å². The molecule has 0 saturated heterocycles. The Hall–Kier alpha value is -4.89. The number of rotatable bonds is 14. The van der Waals surface area contributed by atoms with E-state index in [1.807, 2.05) is 25.3 Å². The van der Waals surface area contributed by atoms with E-state index in [0.717, 1.165) is 40.9 Å². The van der Waals surface area contributed by atoms with Crippen LogP contribution < -0.4 is 20.5 Å². The second-order valence-electron chi connectivity index (χ2n) is 11.4. The van der Waals surface area contributed by atoms with Crippen molar-refractivity contribution in [2.24, 2.45) is 5.92 Å². The molecule has 2 aromatic heterocycles. The number of aromatic nitrogens is 2. The first-order chi connectivity index (χ1) is 22.1. The van der Waals surface area contributed by atoms with Gasteiger partial charge in [-0.05, 0) is 68.0 Å². The molecule has 2 heterocycles. The average Bonchev–Trinajstić information content (AvgIpc) is 3.04. The van der Waals surface area contributed by atoms with Crippen LogP contribution in [0, 0.1) is 18.7 Å². The molecule has 0 spiro atoms. The van der Waals surface area contributed by atoms with Gasteiger partial charge in [0.25, 0.3) is 0 Å². The maximum Gasteiger partial charge on any atom is 0.161 e. The second-order valence-corrected chi connectivity index (χ2v) is 11.4. The standard InChI is InChI=1S/C37H44FN5O3/c1-7-27(14-15-44)23-43(21-25(3)28-10-8-24(2)9-11-28)22-26(4)42-31-18-33(38)36(40-20-31)32-16-30(19-41-37(32)39)29-12-13-34(45-5)35(17-29)46-6/h8-13,16-22,27,42,44H,7,14-15,23H2,1-6H3,(H2,39,41)/b25-21+,26-22+. The van der Waals surface area contributed by atoms with Crippen molar-refractivity contribution in [3.63, 3.8) is 0 Å². The van der Waals surface area contributed by atoms with Crippen LogP contribution in [0.4, 0.5) is 15.9 Å². The highest BCUT2D eigenvalue weighted by molar-refractivity contribution is 5.79. The van der Waals surface area contributed by atoms with Crippen LogP contribution in [0.25, 0.3) is 28.0 Å². The smallest absolute Gasteiger partial charge is 0.161 e. The van der Waals surface area contributed by atoms with Gasteiger partial charge in [-0.1, -0.05) is 49.2 Å². The van der Waals surface area contributed by atoms with Gasteiger partial charge in [0, 0.05) is 54.6 Å². The summed E-state index contributed by atoms with van der Waals surface area (Å²) in [6, 6.07) is 17.1. The van der Waals surface area contributed by atoms with Crippen LogP contribution in [0.5, 0.6) is 11.5 Å². The Morgan fingerprint density at radius 1 is 0.978 bits per heavy atom. The number of pyridine rings is 2. The fraction of sp³-hybridized carbons (Fsp3) is 0.297. The molecular weight excluding hydrogens is 581 g/mol. The third-order valence-electron chi connectivity index (χ3n) is 7.88. The molecule has 0 saturated carbocycles. The summed E-state index contributed by atoms with van der Waals surface area (Å²) < 4.78 is 26.4. The maximum absolute atomic E-state index is 15.6. The van der Waals surface area contributed by atoms with Gasteiger partial charge in [0.05, 0.1) is 26.1 Å². The molecular formula is C37H44FN5O3. The number of allylic oxidation sites excluding steroid dienone is 2. The number of aryl methyl sites for hydroxylation is 1. The van der Waals surface area contributed by atoms with E-state index in [2.05, 4.69) is 71.4 Å². The van der Waals surface area contributed by atoms with Gasteiger partial charge in [-0.2, -0.15) is 0 Å². The van der Waals surface area contributed by atoms with E-state index in [1.165, 1.54) is 11.6 Å². The third-order valence-corrected chi connectivity index (χ3v) is 7.88. The average molecular weight is 626 g/mol. The summed E-state index contributed by atoms with van der Waals surface area (Å²) in [5, 5.41) is 12.9. The largest absolute Gasteiger partial charge is 0.493 e. The lowest BCUT2D eigenvalue weighted by Crippen LogP contribution is -2.22. The number of aliphatic hydroxyl groups excluding tert-OH is 1. The van der Waals surface area contributed by atoms with Gasteiger partial charge < -0.3 is 30.5 Å². The Labute approximate surface area is 271 Å². The molecule has 1 unspecified atom stereocenters. The van der Waals surface area contributed by atoms with Gasteiger partial charge in [0.15, 0.2) is 17.3 Å². The third kappa shape index (κ3) is 8.63. The minimum atomic E-state index is -0.531. The zero-order valence-corrected chi connectivity index (χ0v) is 27.5. The summed E-state index contributed by atoms with van der Waals surface area (Å²) in [4.78, 5) is 10.9. The van der Waals surface area contributed by atoms with E-state index < -0.39 is 5.82 Å². The van der Waals surface area contributed by atoms with Crippen molar-refractivity contribution in [3.8, 4) is 33.9 Å². The minimum Gasteiger partial charge on any atom is -0.493 e. The monoisotopic (exact) mass is 625 g/mol. The Morgan fingerprint density at radius 3 is 2.37 bits per heavy atom. The number of nitrogen functional groups attached to an aromatic ring is 1. The van der Waals surface area contributed by atoms with Crippen LogP contribution >= 0.6 is 0 Å². The molecule has 0 radical (unpaired) electrons. The SMILES string of the molecule is CCC(CCO)CN(/C=C(\C)Nc1cnc(-c2cc(-c3ccc(OC)c(OC)c3)cnc2N)c(F)c1)/C=C(\C)c1ccc(C)cc1. The number of benzene rings is 2. The van der Waals surface area contributed by atoms with E-state index >= 15 is 4.39 Å². The molecule has 0 fully saturated rings. The topological polar surface area (TPSA) is 106 Å². The highest BCUT2D eigenvalue weighted by atomic mass is 19.1. The lowest BCUT2D eigenvalue weighted by molar-refractivity contribution is 0.238. The number of nitrogens with one attached hydrogen (secondary N) is 1. The number of anilines is 2. The lowest BCUT2D eigenvalue weighted by Gasteiger charge is -2.24. The maximum atomic E-state index is 15.6. The molecule has 1 atom stereocenters. The number of methoxy groups -OCH3 is 2. The van der Waals surface area contributed by atoms with Crippen molar-refractivity contribution >= 4 is 17.1 Å². The molecule has 0 aliphatic rings. The molecule has 9 heteroatoms. The van der Waals surface area contributed by atoms with Crippen LogP contribution in [-0.2, 0) is 0 Å². The second kappa shape index (κ2) is 15.9. The highest BCUT2D eigenvalue weighted by Gasteiger charge is 2.16. The zero-order chi connectivity index (χ0) is 33.2. The van der Waals surface area contributed by atoms with Crippen molar-refractivity contribution in [2.75, 3.05) is 38.4 Å². The Kier molecular flexibility index (Phi) is 11.8. The van der Waals surface area contributed by atoms with E-state index in [9.17, 15) is 5.11 Å². The molecule has 0 bridgehead atoms. The molecule has 8 nitrogen and oxygen atoms in total. The molecule has 242 valence electrons. The molecule has 0 aliphatic carbocycles. The van der Waals surface area contributed by atoms with Crippen molar-refractivity contribution < 1.29 is 19.0 Å². The van der Waals surface area contributed by atoms with Gasteiger partial charge >= 0.3 is 0 Å². The summed E-state index contributed by atoms with van der Waals surface area (Å²) in [6.07, 6.45) is 8.98. The number of aliphatic hydroxyl groups is 1. The summed E-state index contributed by atoms with van der Waals surface area (Å²) >= 11 is 0. The van der Waals surface area contributed by atoms with Crippen molar-refractivity contribution in [1.82, 2.24) is 14.9 Å². The number of hydrogen-bond acceptors (Lipinski definition) is 8. The normalized spacial score (nSPS) is 12.5. The van der Waals surface area contributed by atoms with E-state index in [0.29, 0.717) is 35.1 Å². The number of hydrogen-bond donors (Lipinski definition) is 3. The minimum absolute atomic E-state index is 0.104. The Balaban J connectivity index is 1.59. The number of halogens is 1. The van der Waals surface area contributed by atoms with Crippen molar-refractivity contribution in [1.29, 1.82) is 0 Å². The summed E-state index contributed by atoms with van der Waals surface area (Å²) in [5.74, 6) is 1.12. The van der Waals surface area contributed by atoms with E-state index in [4.69, 9.17) is 15.2 Å². The summed E-state index contributed by atoms with van der Waals surface area (Å²) in [7, 11) is 3.15. The molecule has 46 heavy (non-hydrogen) atoms. The first kappa shape index (κ1) is 34.0. The quantitative estimate of drug-likeness (QED) is 0.130.